The summed E-state index contributed by atoms with van der Waals surface area (Å²) >= 11 is 1.58. The molecule has 0 amide bonds. The average Bonchev–Trinajstić information content (AvgIpc) is 2.50. The minimum atomic E-state index is -0.920. The van der Waals surface area contributed by atoms with Crippen molar-refractivity contribution < 1.29 is 14.6 Å². The molecule has 0 saturated heterocycles. The molecule has 2 N–H and O–H groups in total. The lowest BCUT2D eigenvalue weighted by Crippen LogP contribution is -2.25. The number of carboxylic acid groups (broad SMARTS) is 1. The van der Waals surface area contributed by atoms with E-state index in [-0.39, 0.29) is 5.44 Å². The Morgan fingerprint density at radius 3 is 3.12 bits per heavy atom. The fraction of sp³-hybridized carbons (Fsp3) is 0.417. The first-order valence-electron chi connectivity index (χ1n) is 5.54. The van der Waals surface area contributed by atoms with Crippen molar-refractivity contribution in [2.75, 3.05) is 11.9 Å². The molecule has 17 heavy (non-hydrogen) atoms. The van der Waals surface area contributed by atoms with Crippen molar-refractivity contribution in [3.05, 3.63) is 24.3 Å². The molecular formula is C12H15NO3S. The van der Waals surface area contributed by atoms with E-state index in [1.807, 2.05) is 24.3 Å². The number of ether oxygens (including phenoxy) is 1. The second-order valence-corrected chi connectivity index (χ2v) is 5.08. The summed E-state index contributed by atoms with van der Waals surface area (Å²) in [6.45, 7) is 2.36. The molecule has 0 aromatic heterocycles. The van der Waals surface area contributed by atoms with Crippen molar-refractivity contribution >= 4 is 23.4 Å². The summed E-state index contributed by atoms with van der Waals surface area (Å²) in [7, 11) is 0. The summed E-state index contributed by atoms with van der Waals surface area (Å²) in [5.41, 5.74) is 0.976. The fourth-order valence-corrected chi connectivity index (χ4v) is 2.79. The smallest absolute Gasteiger partial charge is 0.332 e. The Hall–Kier alpha value is -1.20. The first kappa shape index (κ1) is 12.3. The van der Waals surface area contributed by atoms with Gasteiger partial charge in [0.25, 0.3) is 0 Å². The van der Waals surface area contributed by atoms with Crippen LogP contribution in [0, 0.1) is 0 Å². The van der Waals surface area contributed by atoms with Gasteiger partial charge in [-0.15, -0.1) is 0 Å². The summed E-state index contributed by atoms with van der Waals surface area (Å²) in [4.78, 5) is 11.9. The normalized spacial score (nSPS) is 20.9. The minimum absolute atomic E-state index is 0.114. The number of thioether (sulfide) groups is 1. The number of carbonyl (C=O) groups is 1. The number of carboxylic acids is 1. The monoisotopic (exact) mass is 253 g/mol. The van der Waals surface area contributed by atoms with Gasteiger partial charge in [-0.25, -0.2) is 4.79 Å². The Morgan fingerprint density at radius 2 is 2.35 bits per heavy atom. The van der Waals surface area contributed by atoms with Gasteiger partial charge in [-0.1, -0.05) is 23.9 Å². The molecule has 0 spiro atoms. The molecule has 2 unspecified atom stereocenters. The van der Waals surface area contributed by atoms with E-state index in [1.165, 1.54) is 0 Å². The van der Waals surface area contributed by atoms with E-state index in [0.717, 1.165) is 23.5 Å². The third-order valence-electron chi connectivity index (χ3n) is 2.54. The van der Waals surface area contributed by atoms with Crippen LogP contribution in [0.25, 0.3) is 0 Å². The Morgan fingerprint density at radius 1 is 1.59 bits per heavy atom. The standard InChI is InChI=1S/C12H15NO3S/c1-8(12(14)15)16-11-6-7-13-9-4-2-3-5-10(9)17-11/h2-5,8,11,13H,6-7H2,1H3,(H,14,15). The first-order chi connectivity index (χ1) is 8.16. The van der Waals surface area contributed by atoms with Crippen LogP contribution >= 0.6 is 11.8 Å². The number of benzene rings is 1. The third-order valence-corrected chi connectivity index (χ3v) is 3.76. The highest BCUT2D eigenvalue weighted by Crippen LogP contribution is 2.35. The third kappa shape index (κ3) is 3.14. The van der Waals surface area contributed by atoms with Crippen LogP contribution in [0.4, 0.5) is 5.69 Å². The summed E-state index contributed by atoms with van der Waals surface area (Å²) in [5.74, 6) is -0.920. The second-order valence-electron chi connectivity index (χ2n) is 3.88. The molecule has 1 aromatic rings. The largest absolute Gasteiger partial charge is 0.479 e. The Bertz CT molecular complexity index is 410. The molecular weight excluding hydrogens is 238 g/mol. The van der Waals surface area contributed by atoms with Crippen LogP contribution < -0.4 is 5.32 Å². The Kier molecular flexibility index (Phi) is 3.91. The number of anilines is 1. The van der Waals surface area contributed by atoms with Crippen LogP contribution in [0.1, 0.15) is 13.3 Å². The number of hydrogen-bond donors (Lipinski definition) is 2. The highest BCUT2D eigenvalue weighted by molar-refractivity contribution is 8.00. The van der Waals surface area contributed by atoms with Gasteiger partial charge in [-0.05, 0) is 19.1 Å². The predicted octanol–water partition coefficient (Wildman–Crippen LogP) is 2.41. The zero-order chi connectivity index (χ0) is 12.3. The zero-order valence-corrected chi connectivity index (χ0v) is 10.4. The van der Waals surface area contributed by atoms with Gasteiger partial charge in [0.15, 0.2) is 6.10 Å². The minimum Gasteiger partial charge on any atom is -0.479 e. The maximum atomic E-state index is 10.8. The summed E-state index contributed by atoms with van der Waals surface area (Å²) in [5, 5.41) is 12.1. The summed E-state index contributed by atoms with van der Waals surface area (Å²) < 4.78 is 5.51. The number of aliphatic carboxylic acids is 1. The van der Waals surface area contributed by atoms with Crippen molar-refractivity contribution in [2.24, 2.45) is 0 Å². The molecule has 1 heterocycles. The van der Waals surface area contributed by atoms with E-state index in [2.05, 4.69) is 5.32 Å². The molecule has 0 fully saturated rings. The van der Waals surface area contributed by atoms with Gasteiger partial charge in [0.05, 0.1) is 0 Å². The molecule has 0 saturated carbocycles. The van der Waals surface area contributed by atoms with E-state index in [0.29, 0.717) is 0 Å². The van der Waals surface area contributed by atoms with Crippen LogP contribution in [0.15, 0.2) is 29.2 Å². The maximum absolute atomic E-state index is 10.8. The molecule has 1 aromatic carbocycles. The van der Waals surface area contributed by atoms with E-state index in [9.17, 15) is 4.79 Å². The van der Waals surface area contributed by atoms with Gasteiger partial charge < -0.3 is 15.2 Å². The van der Waals surface area contributed by atoms with Crippen molar-refractivity contribution in [3.63, 3.8) is 0 Å². The fourth-order valence-electron chi connectivity index (χ4n) is 1.62. The van der Waals surface area contributed by atoms with E-state index in [4.69, 9.17) is 9.84 Å². The number of rotatable bonds is 3. The number of para-hydroxylation sites is 1. The molecule has 2 rings (SSSR count). The van der Waals surface area contributed by atoms with Gasteiger partial charge in [0.2, 0.25) is 0 Å². The van der Waals surface area contributed by atoms with Crippen LogP contribution in [0.3, 0.4) is 0 Å². The maximum Gasteiger partial charge on any atom is 0.332 e. The van der Waals surface area contributed by atoms with Crippen molar-refractivity contribution in [1.82, 2.24) is 0 Å². The van der Waals surface area contributed by atoms with Crippen LogP contribution in [-0.2, 0) is 9.53 Å². The summed E-state index contributed by atoms with van der Waals surface area (Å²) in [6.07, 6.45) is 0.0227. The molecule has 5 heteroatoms. The molecule has 4 nitrogen and oxygen atoms in total. The van der Waals surface area contributed by atoms with E-state index in [1.54, 1.807) is 18.7 Å². The zero-order valence-electron chi connectivity index (χ0n) is 9.55. The Balaban J connectivity index is 2.05. The van der Waals surface area contributed by atoms with Gasteiger partial charge in [-0.2, -0.15) is 0 Å². The van der Waals surface area contributed by atoms with Crippen molar-refractivity contribution in [2.45, 2.75) is 29.8 Å². The lowest BCUT2D eigenvalue weighted by molar-refractivity contribution is -0.150. The quantitative estimate of drug-likeness (QED) is 0.866. The van der Waals surface area contributed by atoms with Crippen molar-refractivity contribution in [1.29, 1.82) is 0 Å². The Labute approximate surface area is 104 Å². The second kappa shape index (κ2) is 5.42. The SMILES string of the molecule is CC(OC1CCNc2ccccc2S1)C(=O)O. The molecule has 2 atom stereocenters. The van der Waals surface area contributed by atoms with Crippen LogP contribution in [-0.4, -0.2) is 29.2 Å². The van der Waals surface area contributed by atoms with Gasteiger partial charge in [-0.3, -0.25) is 0 Å². The number of nitrogens with one attached hydrogen (secondary N) is 1. The number of fused-ring (bicyclic) bond motifs is 1. The number of hydrogen-bond acceptors (Lipinski definition) is 4. The highest BCUT2D eigenvalue weighted by Gasteiger charge is 2.22. The van der Waals surface area contributed by atoms with Crippen LogP contribution in [0.5, 0.6) is 0 Å². The van der Waals surface area contributed by atoms with Gasteiger partial charge >= 0.3 is 5.97 Å². The molecule has 0 aliphatic carbocycles. The summed E-state index contributed by atoms with van der Waals surface area (Å²) in [6, 6.07) is 7.98. The van der Waals surface area contributed by atoms with Crippen molar-refractivity contribution in [3.8, 4) is 0 Å². The average molecular weight is 253 g/mol. The predicted molar refractivity (Wildman–Crippen MR) is 67.4 cm³/mol. The van der Waals surface area contributed by atoms with E-state index < -0.39 is 12.1 Å². The topological polar surface area (TPSA) is 58.6 Å². The molecule has 1 aliphatic heterocycles. The highest BCUT2D eigenvalue weighted by atomic mass is 32.2. The molecule has 0 bridgehead atoms. The first-order valence-corrected chi connectivity index (χ1v) is 6.42. The lowest BCUT2D eigenvalue weighted by atomic mass is 10.3. The molecule has 1 aliphatic rings. The van der Waals surface area contributed by atoms with Gasteiger partial charge in [0, 0.05) is 23.5 Å². The molecule has 0 radical (unpaired) electrons. The lowest BCUT2D eigenvalue weighted by Gasteiger charge is -2.17. The van der Waals surface area contributed by atoms with Crippen LogP contribution in [0.2, 0.25) is 0 Å². The molecule has 92 valence electrons. The van der Waals surface area contributed by atoms with Gasteiger partial charge in [0.1, 0.15) is 5.44 Å². The van der Waals surface area contributed by atoms with E-state index >= 15 is 0 Å².